The van der Waals surface area contributed by atoms with Crippen molar-refractivity contribution in [3.8, 4) is 0 Å². The maximum absolute atomic E-state index is 13.3. The molecule has 0 unspecified atom stereocenters. The third-order valence-electron chi connectivity index (χ3n) is 3.18. The van der Waals surface area contributed by atoms with Crippen LogP contribution in [0.15, 0.2) is 46.9 Å². The van der Waals surface area contributed by atoms with Gasteiger partial charge in [-0.25, -0.2) is 4.39 Å². The molecule has 2 N–H and O–H groups in total. The molecule has 0 amide bonds. The molecule has 2 rings (SSSR count). The minimum absolute atomic E-state index is 0.221. The number of thiocarbonyl (C=S) groups is 1. The summed E-state index contributed by atoms with van der Waals surface area (Å²) in [5.74, 6) is -0.324. The lowest BCUT2D eigenvalue weighted by atomic mass is 10.1. The van der Waals surface area contributed by atoms with Gasteiger partial charge < -0.3 is 5.73 Å². The minimum atomic E-state index is -0.324. The van der Waals surface area contributed by atoms with E-state index < -0.39 is 0 Å². The molecule has 2 aromatic rings. The Bertz CT molecular complexity index is 660. The fourth-order valence-corrected chi connectivity index (χ4v) is 2.78. The van der Waals surface area contributed by atoms with Crippen LogP contribution in [-0.2, 0) is 13.1 Å². The molecule has 5 heteroatoms. The Morgan fingerprint density at radius 3 is 2.52 bits per heavy atom. The molecule has 0 radical (unpaired) electrons. The first kappa shape index (κ1) is 16.1. The molecule has 21 heavy (non-hydrogen) atoms. The summed E-state index contributed by atoms with van der Waals surface area (Å²) >= 11 is 8.54. The number of halogens is 2. The summed E-state index contributed by atoms with van der Waals surface area (Å²) in [6.45, 7) is 1.42. The number of nitrogens with two attached hydrogens (primary N) is 1. The van der Waals surface area contributed by atoms with Crippen LogP contribution in [0.25, 0.3) is 0 Å². The fourth-order valence-electron chi connectivity index (χ4n) is 2.18. The Morgan fingerprint density at radius 1 is 1.19 bits per heavy atom. The van der Waals surface area contributed by atoms with Crippen LogP contribution in [0.1, 0.15) is 16.7 Å². The topological polar surface area (TPSA) is 29.3 Å². The minimum Gasteiger partial charge on any atom is -0.389 e. The lowest BCUT2D eigenvalue weighted by Crippen LogP contribution is -2.21. The van der Waals surface area contributed by atoms with Crippen LogP contribution < -0.4 is 5.73 Å². The largest absolute Gasteiger partial charge is 0.389 e. The summed E-state index contributed by atoms with van der Waals surface area (Å²) in [5, 5.41) is 0. The first-order valence-electron chi connectivity index (χ1n) is 6.47. The van der Waals surface area contributed by atoms with Crippen LogP contribution in [0, 0.1) is 5.82 Å². The van der Waals surface area contributed by atoms with E-state index in [1.807, 2.05) is 25.2 Å². The lowest BCUT2D eigenvalue weighted by Gasteiger charge is -2.19. The van der Waals surface area contributed by atoms with E-state index >= 15 is 0 Å². The second-order valence-corrected chi connectivity index (χ2v) is 6.22. The first-order valence-corrected chi connectivity index (χ1v) is 7.67. The summed E-state index contributed by atoms with van der Waals surface area (Å²) in [7, 11) is 2.01. The van der Waals surface area contributed by atoms with Crippen molar-refractivity contribution in [3.63, 3.8) is 0 Å². The SMILES string of the molecule is CN(Cc1ccccc1Br)Cc1ccc(F)cc1C(N)=S. The predicted octanol–water partition coefficient (Wildman–Crippen LogP) is 3.85. The molecule has 0 bridgehead atoms. The molecule has 0 saturated carbocycles. The molecule has 0 fully saturated rings. The number of benzene rings is 2. The van der Waals surface area contributed by atoms with Crippen molar-refractivity contribution in [1.82, 2.24) is 4.90 Å². The Hall–Kier alpha value is -1.30. The molecule has 2 aromatic carbocycles. The molecule has 0 heterocycles. The van der Waals surface area contributed by atoms with Crippen molar-refractivity contribution >= 4 is 33.1 Å². The number of hydrogen-bond acceptors (Lipinski definition) is 2. The maximum Gasteiger partial charge on any atom is 0.123 e. The Balaban J connectivity index is 2.15. The van der Waals surface area contributed by atoms with E-state index in [-0.39, 0.29) is 10.8 Å². The van der Waals surface area contributed by atoms with Gasteiger partial charge in [-0.15, -0.1) is 0 Å². The van der Waals surface area contributed by atoms with Gasteiger partial charge in [0.2, 0.25) is 0 Å². The molecule has 0 atom stereocenters. The van der Waals surface area contributed by atoms with Gasteiger partial charge in [-0.05, 0) is 36.4 Å². The third-order valence-corrected chi connectivity index (χ3v) is 4.17. The second-order valence-electron chi connectivity index (χ2n) is 4.93. The molecule has 0 spiro atoms. The second kappa shape index (κ2) is 7.11. The van der Waals surface area contributed by atoms with Crippen molar-refractivity contribution in [1.29, 1.82) is 0 Å². The van der Waals surface area contributed by atoms with Gasteiger partial charge in [0.15, 0.2) is 0 Å². The lowest BCUT2D eigenvalue weighted by molar-refractivity contribution is 0.318. The molecule has 2 nitrogen and oxygen atoms in total. The molecule has 110 valence electrons. The quantitative estimate of drug-likeness (QED) is 0.814. The van der Waals surface area contributed by atoms with Crippen molar-refractivity contribution in [2.45, 2.75) is 13.1 Å². The van der Waals surface area contributed by atoms with Crippen LogP contribution in [0.2, 0.25) is 0 Å². The highest BCUT2D eigenvalue weighted by Gasteiger charge is 2.10. The number of nitrogens with zero attached hydrogens (tertiary/aromatic N) is 1. The highest BCUT2D eigenvalue weighted by atomic mass is 79.9. The van der Waals surface area contributed by atoms with Crippen LogP contribution in [0.3, 0.4) is 0 Å². The summed E-state index contributed by atoms with van der Waals surface area (Å²) in [5.41, 5.74) is 8.40. The van der Waals surface area contributed by atoms with Gasteiger partial charge >= 0.3 is 0 Å². The summed E-state index contributed by atoms with van der Waals surface area (Å²) in [6.07, 6.45) is 0. The number of rotatable bonds is 5. The molecule has 0 aliphatic carbocycles. The molecule has 0 aromatic heterocycles. The highest BCUT2D eigenvalue weighted by molar-refractivity contribution is 9.10. The van der Waals surface area contributed by atoms with Crippen molar-refractivity contribution in [3.05, 3.63) is 69.4 Å². The zero-order valence-electron chi connectivity index (χ0n) is 11.6. The van der Waals surface area contributed by atoms with E-state index in [1.165, 1.54) is 17.7 Å². The molecular formula is C16H16BrFN2S. The zero-order chi connectivity index (χ0) is 15.4. The van der Waals surface area contributed by atoms with Crippen molar-refractivity contribution < 1.29 is 4.39 Å². The smallest absolute Gasteiger partial charge is 0.123 e. The van der Waals surface area contributed by atoms with Crippen molar-refractivity contribution in [2.24, 2.45) is 5.73 Å². The molecular weight excluding hydrogens is 351 g/mol. The van der Waals surface area contributed by atoms with Gasteiger partial charge in [-0.2, -0.15) is 0 Å². The highest BCUT2D eigenvalue weighted by Crippen LogP contribution is 2.19. The van der Waals surface area contributed by atoms with Gasteiger partial charge in [-0.1, -0.05) is 52.4 Å². The maximum atomic E-state index is 13.3. The molecule has 0 aliphatic heterocycles. The zero-order valence-corrected chi connectivity index (χ0v) is 14.0. The average molecular weight is 367 g/mol. The van der Waals surface area contributed by atoms with E-state index in [4.69, 9.17) is 18.0 Å². The van der Waals surface area contributed by atoms with E-state index in [1.54, 1.807) is 6.07 Å². The summed E-state index contributed by atoms with van der Waals surface area (Å²) in [4.78, 5) is 2.36. The van der Waals surface area contributed by atoms with E-state index in [0.29, 0.717) is 12.1 Å². The Morgan fingerprint density at radius 2 is 1.86 bits per heavy atom. The van der Waals surface area contributed by atoms with Crippen LogP contribution in [0.5, 0.6) is 0 Å². The monoisotopic (exact) mass is 366 g/mol. The van der Waals surface area contributed by atoms with Crippen LogP contribution in [0.4, 0.5) is 4.39 Å². The Labute approximate surface area is 137 Å². The van der Waals surface area contributed by atoms with Crippen LogP contribution >= 0.6 is 28.1 Å². The van der Waals surface area contributed by atoms with Gasteiger partial charge in [-0.3, -0.25) is 4.90 Å². The van der Waals surface area contributed by atoms with Crippen molar-refractivity contribution in [2.75, 3.05) is 7.05 Å². The summed E-state index contributed by atoms with van der Waals surface area (Å²) < 4.78 is 14.4. The van der Waals surface area contributed by atoms with E-state index in [0.717, 1.165) is 16.6 Å². The molecule has 0 aliphatic rings. The van der Waals surface area contributed by atoms with Gasteiger partial charge in [0, 0.05) is 23.1 Å². The van der Waals surface area contributed by atoms with Gasteiger partial charge in [0.25, 0.3) is 0 Å². The van der Waals surface area contributed by atoms with E-state index in [9.17, 15) is 4.39 Å². The van der Waals surface area contributed by atoms with Gasteiger partial charge in [0.05, 0.1) is 0 Å². The Kier molecular flexibility index (Phi) is 5.45. The standard InChI is InChI=1S/C16H16BrFN2S/c1-20(10-12-4-2-3-5-15(12)17)9-11-6-7-13(18)8-14(11)16(19)21/h2-8H,9-10H2,1H3,(H2,19,21). The fraction of sp³-hybridized carbons (Fsp3) is 0.188. The first-order chi connectivity index (χ1) is 9.97. The third kappa shape index (κ3) is 4.33. The van der Waals surface area contributed by atoms with E-state index in [2.05, 4.69) is 26.9 Å². The predicted molar refractivity (Wildman–Crippen MR) is 91.6 cm³/mol. The summed E-state index contributed by atoms with van der Waals surface area (Å²) in [6, 6.07) is 12.6. The van der Waals surface area contributed by atoms with Gasteiger partial charge in [0.1, 0.15) is 10.8 Å². The number of hydrogen-bond donors (Lipinski definition) is 1. The normalized spacial score (nSPS) is 10.9. The van der Waals surface area contributed by atoms with Crippen LogP contribution in [-0.4, -0.2) is 16.9 Å². The molecule has 0 saturated heterocycles. The average Bonchev–Trinajstić information content (AvgIpc) is 2.43.